The fourth-order valence-electron chi connectivity index (χ4n) is 4.11. The molecule has 2 aromatic rings. The summed E-state index contributed by atoms with van der Waals surface area (Å²) in [6.45, 7) is 12.7. The Hall–Kier alpha value is -4.34. The van der Waals surface area contributed by atoms with Crippen molar-refractivity contribution in [2.75, 3.05) is 19.7 Å². The van der Waals surface area contributed by atoms with E-state index in [4.69, 9.17) is 9.47 Å². The number of carbonyl (C=O) groups is 4. The maximum absolute atomic E-state index is 14.2. The van der Waals surface area contributed by atoms with Crippen molar-refractivity contribution in [2.24, 2.45) is 0 Å². The summed E-state index contributed by atoms with van der Waals surface area (Å²) >= 11 is 0. The van der Waals surface area contributed by atoms with E-state index in [0.717, 1.165) is 5.56 Å². The van der Waals surface area contributed by atoms with Gasteiger partial charge >= 0.3 is 12.1 Å². The molecule has 0 fully saturated rings. The van der Waals surface area contributed by atoms with Crippen LogP contribution in [-0.2, 0) is 30.3 Å². The second-order valence-corrected chi connectivity index (χ2v) is 10.5. The lowest BCUT2D eigenvalue weighted by Gasteiger charge is -2.34. The molecule has 222 valence electrons. The first-order valence-corrected chi connectivity index (χ1v) is 13.5. The molecule has 2 unspecified atom stereocenters. The number of aromatic hydroxyl groups is 1. The molecule has 2 aromatic carbocycles. The van der Waals surface area contributed by atoms with Crippen molar-refractivity contribution in [3.05, 3.63) is 77.9 Å². The largest absolute Gasteiger partial charge is 0.508 e. The van der Waals surface area contributed by atoms with Gasteiger partial charge in [-0.05, 0) is 57.9 Å². The molecular formula is C31H41N3O7. The van der Waals surface area contributed by atoms with Crippen LogP contribution >= 0.6 is 0 Å². The van der Waals surface area contributed by atoms with Crippen LogP contribution in [0, 0.1) is 6.92 Å². The van der Waals surface area contributed by atoms with Gasteiger partial charge in [0.2, 0.25) is 11.8 Å². The summed E-state index contributed by atoms with van der Waals surface area (Å²) in [6.07, 6.45) is 0.743. The molecule has 0 spiro atoms. The van der Waals surface area contributed by atoms with Crippen LogP contribution in [0.3, 0.4) is 0 Å². The summed E-state index contributed by atoms with van der Waals surface area (Å²) in [5, 5.41) is 15.1. The average Bonchev–Trinajstić information content (AvgIpc) is 2.88. The minimum atomic E-state index is -1.12. The highest BCUT2D eigenvalue weighted by Crippen LogP contribution is 2.24. The van der Waals surface area contributed by atoms with Crippen molar-refractivity contribution >= 4 is 23.9 Å². The van der Waals surface area contributed by atoms with Crippen molar-refractivity contribution in [1.82, 2.24) is 15.5 Å². The number of benzene rings is 2. The molecule has 41 heavy (non-hydrogen) atoms. The van der Waals surface area contributed by atoms with Crippen LogP contribution in [0.5, 0.6) is 5.75 Å². The predicted octanol–water partition coefficient (Wildman–Crippen LogP) is 3.96. The van der Waals surface area contributed by atoms with E-state index in [0.29, 0.717) is 11.1 Å². The SMILES string of the molecule is C=CCN(C(=O)C(Cc1ccc(O)cc1)NC(=O)OC(C)(C)C)C(C(=O)NCCC(=O)OCC)c1cccc(C)c1. The summed E-state index contributed by atoms with van der Waals surface area (Å²) in [7, 11) is 0. The Morgan fingerprint density at radius 3 is 2.37 bits per heavy atom. The van der Waals surface area contributed by atoms with Gasteiger partial charge in [0, 0.05) is 19.5 Å². The zero-order valence-electron chi connectivity index (χ0n) is 24.4. The number of phenolic OH excluding ortho intramolecular Hbond substituents is 1. The molecule has 3 N–H and O–H groups in total. The molecule has 0 aromatic heterocycles. The first-order valence-electron chi connectivity index (χ1n) is 13.5. The van der Waals surface area contributed by atoms with Gasteiger partial charge in [-0.15, -0.1) is 6.58 Å². The Labute approximate surface area is 241 Å². The maximum atomic E-state index is 14.2. The van der Waals surface area contributed by atoms with E-state index in [2.05, 4.69) is 17.2 Å². The van der Waals surface area contributed by atoms with E-state index >= 15 is 0 Å². The monoisotopic (exact) mass is 567 g/mol. The third kappa shape index (κ3) is 11.0. The summed E-state index contributed by atoms with van der Waals surface area (Å²) in [6, 6.07) is 11.2. The Morgan fingerprint density at radius 1 is 1.10 bits per heavy atom. The summed E-state index contributed by atoms with van der Waals surface area (Å²) < 4.78 is 10.4. The average molecular weight is 568 g/mol. The van der Waals surface area contributed by atoms with Gasteiger partial charge in [0.1, 0.15) is 23.4 Å². The third-order valence-corrected chi connectivity index (χ3v) is 5.83. The highest BCUT2D eigenvalue weighted by atomic mass is 16.6. The molecule has 3 amide bonds. The van der Waals surface area contributed by atoms with Gasteiger partial charge < -0.3 is 30.1 Å². The van der Waals surface area contributed by atoms with E-state index < -0.39 is 41.6 Å². The standard InChI is InChI=1S/C31H41N3O7/c1-7-18-34(27(23-11-9-10-21(3)19-23)28(37)32-17-16-26(36)40-8-2)29(38)25(33-30(39)41-31(4,5)6)20-22-12-14-24(35)15-13-22/h7,9-15,19,25,27,35H,1,8,16-18,20H2,2-6H3,(H,32,37)(H,33,39). The van der Waals surface area contributed by atoms with Gasteiger partial charge in [-0.3, -0.25) is 14.4 Å². The Morgan fingerprint density at radius 2 is 1.78 bits per heavy atom. The summed E-state index contributed by atoms with van der Waals surface area (Å²) in [5.41, 5.74) is 1.29. The van der Waals surface area contributed by atoms with Gasteiger partial charge in [-0.25, -0.2) is 4.79 Å². The molecule has 10 heteroatoms. The van der Waals surface area contributed by atoms with E-state index in [1.807, 2.05) is 13.0 Å². The second kappa shape index (κ2) is 15.4. The minimum Gasteiger partial charge on any atom is -0.508 e. The summed E-state index contributed by atoms with van der Waals surface area (Å²) in [4.78, 5) is 53.7. The van der Waals surface area contributed by atoms with Gasteiger partial charge in [-0.2, -0.15) is 0 Å². The van der Waals surface area contributed by atoms with Crippen molar-refractivity contribution < 1.29 is 33.8 Å². The number of nitrogens with one attached hydrogen (secondary N) is 2. The number of carbonyl (C=O) groups excluding carboxylic acids is 4. The number of aryl methyl sites for hydroxylation is 1. The van der Waals surface area contributed by atoms with Crippen LogP contribution in [0.2, 0.25) is 0 Å². The molecule has 0 aliphatic carbocycles. The number of phenols is 1. The molecule has 0 saturated carbocycles. The smallest absolute Gasteiger partial charge is 0.408 e. The second-order valence-electron chi connectivity index (χ2n) is 10.5. The van der Waals surface area contributed by atoms with Crippen LogP contribution in [0.25, 0.3) is 0 Å². The zero-order valence-corrected chi connectivity index (χ0v) is 24.4. The van der Waals surface area contributed by atoms with Crippen molar-refractivity contribution in [1.29, 1.82) is 0 Å². The number of nitrogens with zero attached hydrogens (tertiary/aromatic N) is 1. The van der Waals surface area contributed by atoms with Crippen LogP contribution < -0.4 is 10.6 Å². The number of rotatable bonds is 13. The normalized spacial score (nSPS) is 12.4. The van der Waals surface area contributed by atoms with E-state index in [-0.39, 0.29) is 38.3 Å². The molecule has 0 radical (unpaired) electrons. The first kappa shape index (κ1) is 32.9. The Bertz CT molecular complexity index is 1200. The number of alkyl carbamates (subject to hydrolysis) is 1. The molecule has 0 saturated heterocycles. The van der Waals surface area contributed by atoms with E-state index in [1.165, 1.54) is 23.1 Å². The lowest BCUT2D eigenvalue weighted by atomic mass is 9.99. The third-order valence-electron chi connectivity index (χ3n) is 5.83. The Balaban J connectivity index is 2.47. The quantitative estimate of drug-likeness (QED) is 0.246. The lowest BCUT2D eigenvalue weighted by Crippen LogP contribution is -2.54. The Kier molecular flexibility index (Phi) is 12.4. The van der Waals surface area contributed by atoms with Gasteiger partial charge in [0.15, 0.2) is 0 Å². The molecule has 0 heterocycles. The predicted molar refractivity (Wildman–Crippen MR) is 155 cm³/mol. The number of amides is 3. The molecule has 0 aliphatic rings. The highest BCUT2D eigenvalue weighted by Gasteiger charge is 2.36. The van der Waals surface area contributed by atoms with Gasteiger partial charge in [0.05, 0.1) is 13.0 Å². The number of hydrogen-bond donors (Lipinski definition) is 3. The molecule has 2 rings (SSSR count). The molecular weight excluding hydrogens is 526 g/mol. The van der Waals surface area contributed by atoms with Gasteiger partial charge in [0.25, 0.3) is 0 Å². The van der Waals surface area contributed by atoms with Crippen molar-refractivity contribution in [3.63, 3.8) is 0 Å². The lowest BCUT2D eigenvalue weighted by molar-refractivity contribution is -0.144. The van der Waals surface area contributed by atoms with E-state index in [1.54, 1.807) is 58.0 Å². The minimum absolute atomic E-state index is 0.00911. The van der Waals surface area contributed by atoms with Crippen LogP contribution in [0.1, 0.15) is 56.8 Å². The highest BCUT2D eigenvalue weighted by molar-refractivity contribution is 5.92. The topological polar surface area (TPSA) is 134 Å². The fraction of sp³-hybridized carbons (Fsp3) is 0.419. The van der Waals surface area contributed by atoms with Crippen molar-refractivity contribution in [3.8, 4) is 5.75 Å². The number of esters is 1. The molecule has 0 aliphatic heterocycles. The van der Waals surface area contributed by atoms with Crippen LogP contribution in [0.4, 0.5) is 4.79 Å². The van der Waals surface area contributed by atoms with Crippen LogP contribution in [0.15, 0.2) is 61.2 Å². The number of ether oxygens (including phenoxy) is 2. The zero-order chi connectivity index (χ0) is 30.6. The molecule has 10 nitrogen and oxygen atoms in total. The fourth-order valence-corrected chi connectivity index (χ4v) is 4.11. The van der Waals surface area contributed by atoms with E-state index in [9.17, 15) is 24.3 Å². The molecule has 0 bridgehead atoms. The maximum Gasteiger partial charge on any atom is 0.408 e. The number of hydrogen-bond acceptors (Lipinski definition) is 7. The summed E-state index contributed by atoms with van der Waals surface area (Å²) in [5.74, 6) is -1.44. The van der Waals surface area contributed by atoms with Crippen LogP contribution in [-0.4, -0.2) is 65.2 Å². The molecule has 2 atom stereocenters. The first-order chi connectivity index (χ1) is 19.3. The van der Waals surface area contributed by atoms with Crippen molar-refractivity contribution in [2.45, 2.75) is 65.1 Å². The van der Waals surface area contributed by atoms with Gasteiger partial charge in [-0.1, -0.05) is 48.0 Å².